The molecule has 0 fully saturated rings. The Labute approximate surface area is 206 Å². The van der Waals surface area contributed by atoms with Crippen molar-refractivity contribution in [2.75, 3.05) is 10.6 Å². The molecular formula is C29H29N3O3. The van der Waals surface area contributed by atoms with E-state index in [1.807, 2.05) is 25.1 Å². The fourth-order valence-electron chi connectivity index (χ4n) is 3.00. The number of nitrogens with one attached hydrogen (secondary N) is 3. The fourth-order valence-corrected chi connectivity index (χ4v) is 3.00. The molecule has 0 aliphatic rings. The van der Waals surface area contributed by atoms with Crippen molar-refractivity contribution in [3.63, 3.8) is 0 Å². The van der Waals surface area contributed by atoms with Crippen molar-refractivity contribution in [1.82, 2.24) is 5.32 Å². The molecule has 3 aromatic carbocycles. The zero-order valence-corrected chi connectivity index (χ0v) is 19.9. The molecule has 3 amide bonds. The monoisotopic (exact) mass is 467 g/mol. The van der Waals surface area contributed by atoms with E-state index in [4.69, 9.17) is 0 Å². The molecular weight excluding hydrogens is 438 g/mol. The highest BCUT2D eigenvalue weighted by molar-refractivity contribution is 6.11. The molecule has 0 aromatic heterocycles. The fraction of sp³-hybridized carbons (Fsp3) is 0.0690. The van der Waals surface area contributed by atoms with Gasteiger partial charge in [-0.3, -0.25) is 14.4 Å². The van der Waals surface area contributed by atoms with Crippen LogP contribution in [-0.2, 0) is 0 Å². The lowest BCUT2D eigenvalue weighted by molar-refractivity contribution is 0.0966. The molecule has 6 heteroatoms. The summed E-state index contributed by atoms with van der Waals surface area (Å²) in [5, 5.41) is 8.34. The number of carbonyl (C=O) groups is 3. The van der Waals surface area contributed by atoms with Crippen molar-refractivity contribution in [3.8, 4) is 0 Å². The number of benzene rings is 3. The SMILES string of the molecule is C/C=C\C=C(/C)NC(=O)c1cc(C(=O)Nc2ccccc2)cc(C(=O)Nc2ccccc2)c1.C=C. The number of hydrogen-bond donors (Lipinski definition) is 3. The maximum Gasteiger partial charge on any atom is 0.255 e. The van der Waals surface area contributed by atoms with Crippen LogP contribution in [0.15, 0.2) is 116 Å². The van der Waals surface area contributed by atoms with Crippen LogP contribution in [0.1, 0.15) is 44.9 Å². The number of hydrogen-bond acceptors (Lipinski definition) is 3. The van der Waals surface area contributed by atoms with E-state index in [-0.39, 0.29) is 16.7 Å². The minimum atomic E-state index is -0.425. The Morgan fingerprint density at radius 2 is 1.09 bits per heavy atom. The quantitative estimate of drug-likeness (QED) is 0.285. The average Bonchev–Trinajstić information content (AvgIpc) is 2.89. The Bertz CT molecular complexity index is 1140. The van der Waals surface area contributed by atoms with E-state index in [2.05, 4.69) is 29.1 Å². The minimum absolute atomic E-state index is 0.194. The summed E-state index contributed by atoms with van der Waals surface area (Å²) in [4.78, 5) is 38.6. The van der Waals surface area contributed by atoms with Gasteiger partial charge in [0, 0.05) is 33.8 Å². The van der Waals surface area contributed by atoms with Crippen LogP contribution >= 0.6 is 0 Å². The maximum atomic E-state index is 12.9. The zero-order chi connectivity index (χ0) is 25.6. The molecule has 0 radical (unpaired) electrons. The molecule has 178 valence electrons. The van der Waals surface area contributed by atoms with Crippen molar-refractivity contribution in [3.05, 3.63) is 133 Å². The molecule has 3 N–H and O–H groups in total. The predicted octanol–water partition coefficient (Wildman–Crippen LogP) is 6.20. The normalized spacial score (nSPS) is 10.6. The van der Waals surface area contributed by atoms with Gasteiger partial charge in [0.05, 0.1) is 0 Å². The molecule has 3 aromatic rings. The summed E-state index contributed by atoms with van der Waals surface area (Å²) in [7, 11) is 0. The third kappa shape index (κ3) is 8.29. The summed E-state index contributed by atoms with van der Waals surface area (Å²) in [6.07, 6.45) is 5.40. The molecule has 0 aliphatic heterocycles. The van der Waals surface area contributed by atoms with Crippen LogP contribution in [-0.4, -0.2) is 17.7 Å². The Balaban J connectivity index is 0.00000210. The summed E-state index contributed by atoms with van der Waals surface area (Å²) in [5.41, 5.74) is 2.44. The van der Waals surface area contributed by atoms with Gasteiger partial charge in [-0.2, -0.15) is 0 Å². The second-order valence-corrected chi connectivity index (χ2v) is 7.27. The van der Waals surface area contributed by atoms with Crippen LogP contribution in [0.4, 0.5) is 11.4 Å². The molecule has 6 nitrogen and oxygen atoms in total. The van der Waals surface area contributed by atoms with Gasteiger partial charge in [0.25, 0.3) is 17.7 Å². The standard InChI is InChI=1S/C27H25N3O3.C2H4/c1-3-4-11-19(2)28-25(31)20-16-21(26(32)29-23-12-7-5-8-13-23)18-22(17-20)27(33)30-24-14-9-6-10-15-24;1-2/h3-18H,1-2H3,(H,28,31)(H,29,32)(H,30,33);1-2H2/b4-3-,19-11+;. The molecule has 0 spiro atoms. The molecule has 0 saturated carbocycles. The van der Waals surface area contributed by atoms with E-state index in [0.29, 0.717) is 17.1 Å². The van der Waals surface area contributed by atoms with Gasteiger partial charge in [-0.15, -0.1) is 13.2 Å². The summed E-state index contributed by atoms with van der Waals surface area (Å²) < 4.78 is 0. The predicted molar refractivity (Wildman–Crippen MR) is 143 cm³/mol. The molecule has 35 heavy (non-hydrogen) atoms. The Hall–Kier alpha value is -4.71. The highest BCUT2D eigenvalue weighted by Gasteiger charge is 2.17. The highest BCUT2D eigenvalue weighted by atomic mass is 16.2. The van der Waals surface area contributed by atoms with Crippen LogP contribution in [0.5, 0.6) is 0 Å². The number of amides is 3. The van der Waals surface area contributed by atoms with Crippen LogP contribution in [0, 0.1) is 0 Å². The third-order valence-corrected chi connectivity index (χ3v) is 4.63. The van der Waals surface area contributed by atoms with Crippen LogP contribution < -0.4 is 16.0 Å². The smallest absolute Gasteiger partial charge is 0.255 e. The van der Waals surface area contributed by atoms with Gasteiger partial charge >= 0.3 is 0 Å². The molecule has 0 aliphatic carbocycles. The lowest BCUT2D eigenvalue weighted by atomic mass is 10.0. The topological polar surface area (TPSA) is 87.3 Å². The van der Waals surface area contributed by atoms with Gasteiger partial charge in [-0.1, -0.05) is 48.6 Å². The zero-order valence-electron chi connectivity index (χ0n) is 19.9. The maximum absolute atomic E-state index is 12.9. The van der Waals surface area contributed by atoms with Crippen molar-refractivity contribution in [2.24, 2.45) is 0 Å². The van der Waals surface area contributed by atoms with Crippen LogP contribution in [0.25, 0.3) is 0 Å². The Kier molecular flexibility index (Phi) is 10.4. The van der Waals surface area contributed by atoms with Crippen LogP contribution in [0.2, 0.25) is 0 Å². The van der Waals surface area contributed by atoms with Crippen molar-refractivity contribution >= 4 is 29.1 Å². The van der Waals surface area contributed by atoms with Crippen molar-refractivity contribution in [2.45, 2.75) is 13.8 Å². The number of carbonyl (C=O) groups excluding carboxylic acids is 3. The number of rotatable bonds is 7. The number of anilines is 2. The van der Waals surface area contributed by atoms with Crippen LogP contribution in [0.3, 0.4) is 0 Å². The van der Waals surface area contributed by atoms with Gasteiger partial charge in [0.15, 0.2) is 0 Å². The highest BCUT2D eigenvalue weighted by Crippen LogP contribution is 2.16. The first-order chi connectivity index (χ1) is 17.0. The third-order valence-electron chi connectivity index (χ3n) is 4.63. The van der Waals surface area contributed by atoms with Gasteiger partial charge in [-0.25, -0.2) is 0 Å². The molecule has 0 bridgehead atoms. The van der Waals surface area contributed by atoms with Gasteiger partial charge in [-0.05, 0) is 62.4 Å². The molecule has 0 saturated heterocycles. The molecule has 0 atom stereocenters. The summed E-state index contributed by atoms with van der Waals surface area (Å²) in [5.74, 6) is -1.27. The first-order valence-electron chi connectivity index (χ1n) is 10.9. The lowest BCUT2D eigenvalue weighted by Crippen LogP contribution is -2.23. The largest absolute Gasteiger partial charge is 0.326 e. The van der Waals surface area contributed by atoms with Gasteiger partial charge in [0.2, 0.25) is 0 Å². The summed E-state index contributed by atoms with van der Waals surface area (Å²) in [6.45, 7) is 9.63. The minimum Gasteiger partial charge on any atom is -0.326 e. The molecule has 3 rings (SSSR count). The van der Waals surface area contributed by atoms with Gasteiger partial charge in [0.1, 0.15) is 0 Å². The Morgan fingerprint density at radius 3 is 1.49 bits per heavy atom. The lowest BCUT2D eigenvalue weighted by Gasteiger charge is -2.12. The van der Waals surface area contributed by atoms with Gasteiger partial charge < -0.3 is 16.0 Å². The summed E-state index contributed by atoms with van der Waals surface area (Å²) >= 11 is 0. The van der Waals surface area contributed by atoms with Crippen molar-refractivity contribution < 1.29 is 14.4 Å². The van der Waals surface area contributed by atoms with E-state index in [0.717, 1.165) is 0 Å². The van der Waals surface area contributed by atoms with E-state index >= 15 is 0 Å². The van der Waals surface area contributed by atoms with Crippen molar-refractivity contribution in [1.29, 1.82) is 0 Å². The first-order valence-corrected chi connectivity index (χ1v) is 10.9. The first kappa shape index (κ1) is 26.5. The number of para-hydroxylation sites is 2. The second-order valence-electron chi connectivity index (χ2n) is 7.27. The van der Waals surface area contributed by atoms with E-state index in [9.17, 15) is 14.4 Å². The second kappa shape index (κ2) is 13.7. The molecule has 0 unspecified atom stereocenters. The van der Waals surface area contributed by atoms with E-state index in [1.54, 1.807) is 67.6 Å². The van der Waals surface area contributed by atoms with E-state index in [1.165, 1.54) is 18.2 Å². The van der Waals surface area contributed by atoms with E-state index < -0.39 is 17.7 Å². The summed E-state index contributed by atoms with van der Waals surface area (Å²) in [6, 6.07) is 22.3. The number of allylic oxidation sites excluding steroid dienone is 4. The Morgan fingerprint density at radius 1 is 0.686 bits per heavy atom. The molecule has 0 heterocycles. The average molecular weight is 468 g/mol.